The summed E-state index contributed by atoms with van der Waals surface area (Å²) in [7, 11) is 0. The van der Waals surface area contributed by atoms with Crippen molar-refractivity contribution in [3.8, 4) is 11.4 Å². The van der Waals surface area contributed by atoms with Gasteiger partial charge in [-0.25, -0.2) is 9.97 Å². The number of nitrogens with zero attached hydrogens (tertiary/aromatic N) is 2. The third-order valence-corrected chi connectivity index (χ3v) is 2.51. The maximum atomic E-state index is 9.29. The Bertz CT molecular complexity index is 533. The molecule has 0 aliphatic rings. The lowest BCUT2D eigenvalue weighted by Crippen LogP contribution is -2.23. The number of hydrogen-bond donors (Lipinski definition) is 4. The van der Waals surface area contributed by atoms with E-state index < -0.39 is 6.10 Å². The lowest BCUT2D eigenvalue weighted by Gasteiger charge is -2.11. The molecule has 100 valence electrons. The zero-order valence-corrected chi connectivity index (χ0v) is 10.3. The molecule has 2 aromatic rings. The van der Waals surface area contributed by atoms with Gasteiger partial charge in [0.05, 0.1) is 12.7 Å². The van der Waals surface area contributed by atoms with Gasteiger partial charge in [-0.15, -0.1) is 0 Å². The molecule has 0 aliphatic carbocycles. The fourth-order valence-electron chi connectivity index (χ4n) is 1.56. The quantitative estimate of drug-likeness (QED) is 0.623. The summed E-state index contributed by atoms with van der Waals surface area (Å²) in [6.45, 7) is -0.111. The van der Waals surface area contributed by atoms with E-state index in [2.05, 4.69) is 15.3 Å². The molecule has 6 nitrogen and oxygen atoms in total. The molecule has 0 spiro atoms. The first-order valence-electron chi connectivity index (χ1n) is 5.92. The molecule has 6 heteroatoms. The third kappa shape index (κ3) is 3.64. The summed E-state index contributed by atoms with van der Waals surface area (Å²) in [6, 6.07) is 11.1. The highest BCUT2D eigenvalue weighted by atomic mass is 16.3. The van der Waals surface area contributed by atoms with Gasteiger partial charge in [0.2, 0.25) is 0 Å². The predicted molar refractivity (Wildman–Crippen MR) is 73.5 cm³/mol. The number of aliphatic hydroxyl groups excluding tert-OH is 2. The molecule has 1 heterocycles. The Morgan fingerprint density at radius 1 is 1.21 bits per heavy atom. The first-order chi connectivity index (χ1) is 9.19. The molecule has 1 aromatic heterocycles. The minimum atomic E-state index is -0.837. The molecular formula is C13H16N4O2. The summed E-state index contributed by atoms with van der Waals surface area (Å²) in [6.07, 6.45) is -0.837. The molecule has 1 aromatic carbocycles. The van der Waals surface area contributed by atoms with Gasteiger partial charge in [0, 0.05) is 18.2 Å². The van der Waals surface area contributed by atoms with Crippen LogP contribution in [0.1, 0.15) is 0 Å². The van der Waals surface area contributed by atoms with Gasteiger partial charge in [0.1, 0.15) is 11.6 Å². The van der Waals surface area contributed by atoms with Crippen molar-refractivity contribution in [2.24, 2.45) is 0 Å². The van der Waals surface area contributed by atoms with Crippen LogP contribution >= 0.6 is 0 Å². The van der Waals surface area contributed by atoms with Crippen LogP contribution < -0.4 is 11.1 Å². The van der Waals surface area contributed by atoms with Gasteiger partial charge in [-0.2, -0.15) is 0 Å². The molecule has 0 aliphatic heterocycles. The van der Waals surface area contributed by atoms with Gasteiger partial charge in [-0.05, 0) is 0 Å². The number of aromatic nitrogens is 2. The Morgan fingerprint density at radius 2 is 1.95 bits per heavy atom. The average Bonchev–Trinajstić information content (AvgIpc) is 2.45. The average molecular weight is 260 g/mol. The normalized spacial score (nSPS) is 12.1. The zero-order valence-electron chi connectivity index (χ0n) is 10.3. The fourth-order valence-corrected chi connectivity index (χ4v) is 1.56. The second-order valence-corrected chi connectivity index (χ2v) is 4.08. The van der Waals surface area contributed by atoms with Crippen LogP contribution in [0, 0.1) is 0 Å². The van der Waals surface area contributed by atoms with E-state index in [0.717, 1.165) is 5.56 Å². The van der Waals surface area contributed by atoms with Gasteiger partial charge in [0.15, 0.2) is 5.82 Å². The Balaban J connectivity index is 2.20. The molecule has 0 bridgehead atoms. The van der Waals surface area contributed by atoms with Crippen LogP contribution in [-0.4, -0.2) is 39.4 Å². The number of nitrogens with one attached hydrogen (secondary N) is 1. The lowest BCUT2D eigenvalue weighted by molar-refractivity contribution is 0.105. The molecule has 2 rings (SSSR count). The first kappa shape index (κ1) is 13.3. The summed E-state index contributed by atoms with van der Waals surface area (Å²) in [4.78, 5) is 8.48. The van der Waals surface area contributed by atoms with Crippen molar-refractivity contribution in [1.82, 2.24) is 9.97 Å². The molecule has 0 amide bonds. The van der Waals surface area contributed by atoms with Crippen molar-refractivity contribution >= 4 is 11.6 Å². The number of benzene rings is 1. The second kappa shape index (κ2) is 6.12. The van der Waals surface area contributed by atoms with Crippen molar-refractivity contribution in [3.63, 3.8) is 0 Å². The smallest absolute Gasteiger partial charge is 0.163 e. The predicted octanol–water partition coefficient (Wildman–Crippen LogP) is 0.491. The number of aliphatic hydroxyl groups is 2. The van der Waals surface area contributed by atoms with E-state index in [0.29, 0.717) is 17.5 Å². The van der Waals surface area contributed by atoms with E-state index in [4.69, 9.17) is 10.8 Å². The number of nitrogen functional groups attached to an aromatic ring is 1. The highest BCUT2D eigenvalue weighted by Crippen LogP contribution is 2.18. The maximum absolute atomic E-state index is 9.29. The van der Waals surface area contributed by atoms with E-state index in [1.165, 1.54) is 0 Å². The van der Waals surface area contributed by atoms with E-state index >= 15 is 0 Å². The number of hydrogen-bond acceptors (Lipinski definition) is 6. The minimum absolute atomic E-state index is 0.196. The molecule has 0 saturated carbocycles. The standard InChI is InChI=1S/C13H16N4O2/c14-11-6-12(15-7-10(19)8-18)17-13(16-11)9-4-2-1-3-5-9/h1-6,10,18-19H,7-8H2,(H3,14,15,16,17). The largest absolute Gasteiger partial charge is 0.394 e. The Morgan fingerprint density at radius 3 is 2.63 bits per heavy atom. The minimum Gasteiger partial charge on any atom is -0.394 e. The molecular weight excluding hydrogens is 244 g/mol. The molecule has 5 N–H and O–H groups in total. The van der Waals surface area contributed by atoms with E-state index in [9.17, 15) is 5.11 Å². The van der Waals surface area contributed by atoms with Crippen molar-refractivity contribution in [1.29, 1.82) is 0 Å². The highest BCUT2D eigenvalue weighted by Gasteiger charge is 2.06. The van der Waals surface area contributed by atoms with Crippen LogP contribution in [0.5, 0.6) is 0 Å². The molecule has 1 unspecified atom stereocenters. The summed E-state index contributed by atoms with van der Waals surface area (Å²) < 4.78 is 0. The molecule has 1 atom stereocenters. The van der Waals surface area contributed by atoms with Crippen molar-refractivity contribution in [2.45, 2.75) is 6.10 Å². The Hall–Kier alpha value is -2.18. The summed E-state index contributed by atoms with van der Waals surface area (Å²) in [5.41, 5.74) is 6.59. The molecule has 0 fully saturated rings. The van der Waals surface area contributed by atoms with Crippen LogP contribution in [0.2, 0.25) is 0 Å². The Kier molecular flexibility index (Phi) is 4.27. The van der Waals surface area contributed by atoms with Gasteiger partial charge >= 0.3 is 0 Å². The van der Waals surface area contributed by atoms with Gasteiger partial charge in [-0.3, -0.25) is 0 Å². The van der Waals surface area contributed by atoms with E-state index in [-0.39, 0.29) is 13.2 Å². The van der Waals surface area contributed by atoms with Crippen LogP contribution in [-0.2, 0) is 0 Å². The summed E-state index contributed by atoms with van der Waals surface area (Å²) in [5.74, 6) is 1.37. The monoisotopic (exact) mass is 260 g/mol. The van der Waals surface area contributed by atoms with Crippen molar-refractivity contribution in [2.75, 3.05) is 24.2 Å². The summed E-state index contributed by atoms with van der Waals surface area (Å²) in [5, 5.41) is 20.9. The van der Waals surface area contributed by atoms with E-state index in [1.807, 2.05) is 30.3 Å². The van der Waals surface area contributed by atoms with Gasteiger partial charge in [0.25, 0.3) is 0 Å². The topological polar surface area (TPSA) is 104 Å². The molecule has 0 radical (unpaired) electrons. The van der Waals surface area contributed by atoms with Crippen molar-refractivity contribution < 1.29 is 10.2 Å². The molecule has 0 saturated heterocycles. The van der Waals surface area contributed by atoms with Crippen LogP contribution in [0.3, 0.4) is 0 Å². The SMILES string of the molecule is Nc1cc(NCC(O)CO)nc(-c2ccccc2)n1. The van der Waals surface area contributed by atoms with Gasteiger partial charge in [-0.1, -0.05) is 30.3 Å². The fraction of sp³-hybridized carbons (Fsp3) is 0.231. The number of rotatable bonds is 5. The third-order valence-electron chi connectivity index (χ3n) is 2.51. The highest BCUT2D eigenvalue weighted by molar-refractivity contribution is 5.60. The zero-order chi connectivity index (χ0) is 13.7. The van der Waals surface area contributed by atoms with Crippen LogP contribution in [0.15, 0.2) is 36.4 Å². The number of anilines is 2. The first-order valence-corrected chi connectivity index (χ1v) is 5.92. The van der Waals surface area contributed by atoms with Crippen LogP contribution in [0.25, 0.3) is 11.4 Å². The second-order valence-electron chi connectivity index (χ2n) is 4.08. The van der Waals surface area contributed by atoms with E-state index in [1.54, 1.807) is 6.07 Å². The Labute approximate surface area is 111 Å². The lowest BCUT2D eigenvalue weighted by atomic mass is 10.2. The maximum Gasteiger partial charge on any atom is 0.163 e. The van der Waals surface area contributed by atoms with Gasteiger partial charge < -0.3 is 21.3 Å². The molecule has 19 heavy (non-hydrogen) atoms. The van der Waals surface area contributed by atoms with Crippen molar-refractivity contribution in [3.05, 3.63) is 36.4 Å². The summed E-state index contributed by atoms with van der Waals surface area (Å²) >= 11 is 0. The van der Waals surface area contributed by atoms with Crippen LogP contribution in [0.4, 0.5) is 11.6 Å². The number of nitrogens with two attached hydrogens (primary N) is 1.